The Bertz CT molecular complexity index is 756. The standard InChI is InChI=1S/C18H18N4O3/c23-17(19-21-11-9-13-5-1-3-7-15(13)21)25-18(24)20-22-12-10-14-6-2-4-8-16(14)22/h1-8H,9-12H2,(H,19,23)(H,20,24). The van der Waals surface area contributed by atoms with E-state index in [0.29, 0.717) is 13.1 Å². The third kappa shape index (κ3) is 3.08. The van der Waals surface area contributed by atoms with E-state index in [1.165, 1.54) is 0 Å². The molecule has 2 aliphatic heterocycles. The smallest absolute Gasteiger partial charge is 0.357 e. The fourth-order valence-electron chi connectivity index (χ4n) is 3.26. The summed E-state index contributed by atoms with van der Waals surface area (Å²) < 4.78 is 4.82. The number of carbonyl (C=O) groups is 2. The van der Waals surface area contributed by atoms with E-state index in [0.717, 1.165) is 35.3 Å². The second-order valence-corrected chi connectivity index (χ2v) is 5.96. The molecule has 25 heavy (non-hydrogen) atoms. The van der Waals surface area contributed by atoms with Crippen LogP contribution in [0.25, 0.3) is 0 Å². The van der Waals surface area contributed by atoms with Gasteiger partial charge in [0.15, 0.2) is 0 Å². The highest BCUT2D eigenvalue weighted by molar-refractivity contribution is 5.85. The normalized spacial score (nSPS) is 14.7. The molecule has 2 aliphatic rings. The van der Waals surface area contributed by atoms with Gasteiger partial charge in [0.1, 0.15) is 0 Å². The summed E-state index contributed by atoms with van der Waals surface area (Å²) in [5.41, 5.74) is 9.36. The van der Waals surface area contributed by atoms with Gasteiger partial charge >= 0.3 is 12.2 Å². The molecule has 0 aromatic heterocycles. The van der Waals surface area contributed by atoms with E-state index in [1.54, 1.807) is 10.0 Å². The van der Waals surface area contributed by atoms with Gasteiger partial charge < -0.3 is 4.74 Å². The van der Waals surface area contributed by atoms with Gasteiger partial charge in [-0.2, -0.15) is 0 Å². The summed E-state index contributed by atoms with van der Waals surface area (Å²) >= 11 is 0. The number of rotatable bonds is 2. The number of carbonyl (C=O) groups excluding carboxylic acids is 2. The quantitative estimate of drug-likeness (QED) is 0.823. The lowest BCUT2D eigenvalue weighted by Crippen LogP contribution is -2.47. The van der Waals surface area contributed by atoms with Crippen molar-refractivity contribution in [1.82, 2.24) is 10.9 Å². The first kappa shape index (κ1) is 15.3. The number of benzene rings is 2. The number of hydrogen-bond donors (Lipinski definition) is 2. The molecule has 0 aliphatic carbocycles. The van der Waals surface area contributed by atoms with Crippen LogP contribution in [0, 0.1) is 0 Å². The molecular formula is C18H18N4O3. The molecule has 7 nitrogen and oxygen atoms in total. The first-order valence-corrected chi connectivity index (χ1v) is 8.21. The number of nitrogens with one attached hydrogen (secondary N) is 2. The molecule has 7 heteroatoms. The highest BCUT2D eigenvalue weighted by Gasteiger charge is 2.24. The molecule has 0 saturated heterocycles. The van der Waals surface area contributed by atoms with E-state index >= 15 is 0 Å². The Hall–Kier alpha value is -3.22. The molecule has 0 unspecified atom stereocenters. The number of para-hydroxylation sites is 2. The molecule has 4 rings (SSSR count). The fourth-order valence-corrected chi connectivity index (χ4v) is 3.26. The molecule has 0 atom stereocenters. The number of anilines is 2. The van der Waals surface area contributed by atoms with Gasteiger partial charge in [0.25, 0.3) is 0 Å². The summed E-state index contributed by atoms with van der Waals surface area (Å²) in [4.78, 5) is 24.0. The molecular weight excluding hydrogens is 320 g/mol. The largest absolute Gasteiger partial charge is 0.435 e. The number of ether oxygens (including phenoxy) is 1. The number of fused-ring (bicyclic) bond motifs is 2. The van der Waals surface area contributed by atoms with Crippen molar-refractivity contribution >= 4 is 23.6 Å². The van der Waals surface area contributed by atoms with Crippen molar-refractivity contribution in [2.75, 3.05) is 23.1 Å². The van der Waals surface area contributed by atoms with Crippen LogP contribution in [0.1, 0.15) is 11.1 Å². The van der Waals surface area contributed by atoms with Crippen molar-refractivity contribution in [3.05, 3.63) is 59.7 Å². The Morgan fingerprint density at radius 1 is 0.760 bits per heavy atom. The monoisotopic (exact) mass is 338 g/mol. The van der Waals surface area contributed by atoms with Crippen LogP contribution in [0.4, 0.5) is 21.0 Å². The SMILES string of the molecule is O=C(NN1CCc2ccccc21)OC(=O)NN1CCc2ccccc21. The number of amides is 2. The van der Waals surface area contributed by atoms with Gasteiger partial charge in [-0.15, -0.1) is 0 Å². The minimum Gasteiger partial charge on any atom is -0.357 e. The third-order valence-corrected chi connectivity index (χ3v) is 4.41. The van der Waals surface area contributed by atoms with Crippen molar-refractivity contribution in [2.45, 2.75) is 12.8 Å². The lowest BCUT2D eigenvalue weighted by Gasteiger charge is -2.21. The summed E-state index contributed by atoms with van der Waals surface area (Å²) in [5.74, 6) is 0. The highest BCUT2D eigenvalue weighted by atomic mass is 16.6. The first-order chi connectivity index (χ1) is 12.2. The van der Waals surface area contributed by atoms with Crippen molar-refractivity contribution in [1.29, 1.82) is 0 Å². The van der Waals surface area contributed by atoms with Crippen LogP contribution >= 0.6 is 0 Å². The summed E-state index contributed by atoms with van der Waals surface area (Å²) in [6.07, 6.45) is 0.0730. The Morgan fingerprint density at radius 3 is 1.68 bits per heavy atom. The number of nitrogens with zero attached hydrogens (tertiary/aromatic N) is 2. The van der Waals surface area contributed by atoms with Crippen molar-refractivity contribution in [3.63, 3.8) is 0 Å². The molecule has 0 bridgehead atoms. The summed E-state index contributed by atoms with van der Waals surface area (Å²) in [6.45, 7) is 1.30. The van der Waals surface area contributed by atoms with Crippen LogP contribution in [0.15, 0.2) is 48.5 Å². The van der Waals surface area contributed by atoms with E-state index in [2.05, 4.69) is 10.9 Å². The lowest BCUT2D eigenvalue weighted by molar-refractivity contribution is 0.149. The highest BCUT2D eigenvalue weighted by Crippen LogP contribution is 2.26. The van der Waals surface area contributed by atoms with Gasteiger partial charge in [-0.3, -0.25) is 10.0 Å². The van der Waals surface area contributed by atoms with Crippen molar-refractivity contribution < 1.29 is 14.3 Å². The first-order valence-electron chi connectivity index (χ1n) is 8.21. The molecule has 2 aromatic carbocycles. The van der Waals surface area contributed by atoms with Crippen molar-refractivity contribution in [3.8, 4) is 0 Å². The molecule has 128 valence electrons. The van der Waals surface area contributed by atoms with Gasteiger partial charge in [-0.1, -0.05) is 36.4 Å². The molecule has 0 saturated carbocycles. The summed E-state index contributed by atoms with van der Waals surface area (Å²) in [6, 6.07) is 15.6. The van der Waals surface area contributed by atoms with Crippen LogP contribution in [-0.2, 0) is 17.6 Å². The average Bonchev–Trinajstić information content (AvgIpc) is 3.20. The second-order valence-electron chi connectivity index (χ2n) is 5.96. The Morgan fingerprint density at radius 2 is 1.20 bits per heavy atom. The van der Waals surface area contributed by atoms with Crippen LogP contribution in [0.2, 0.25) is 0 Å². The second kappa shape index (κ2) is 6.35. The van der Waals surface area contributed by atoms with Gasteiger partial charge in [-0.05, 0) is 36.1 Å². The minimum atomic E-state index is -0.804. The van der Waals surface area contributed by atoms with E-state index in [1.807, 2.05) is 48.5 Å². The van der Waals surface area contributed by atoms with Crippen LogP contribution in [-0.4, -0.2) is 25.3 Å². The predicted octanol–water partition coefficient (Wildman–Crippen LogP) is 2.38. The third-order valence-electron chi connectivity index (χ3n) is 4.41. The molecule has 0 spiro atoms. The van der Waals surface area contributed by atoms with Gasteiger partial charge in [0.05, 0.1) is 11.4 Å². The van der Waals surface area contributed by atoms with Crippen LogP contribution in [0.3, 0.4) is 0 Å². The molecule has 0 radical (unpaired) electrons. The van der Waals surface area contributed by atoms with Crippen LogP contribution in [0.5, 0.6) is 0 Å². The Balaban J connectivity index is 1.32. The van der Waals surface area contributed by atoms with Gasteiger partial charge in [0.2, 0.25) is 0 Å². The van der Waals surface area contributed by atoms with E-state index in [-0.39, 0.29) is 0 Å². The summed E-state index contributed by atoms with van der Waals surface area (Å²) in [5, 5.41) is 3.38. The predicted molar refractivity (Wildman–Crippen MR) is 93.1 cm³/mol. The Labute approximate surface area is 145 Å². The van der Waals surface area contributed by atoms with Gasteiger partial charge in [0, 0.05) is 13.1 Å². The maximum atomic E-state index is 12.0. The zero-order valence-corrected chi connectivity index (χ0v) is 13.6. The van der Waals surface area contributed by atoms with Crippen LogP contribution < -0.4 is 20.9 Å². The maximum Gasteiger partial charge on any atom is 0.435 e. The molecule has 2 heterocycles. The van der Waals surface area contributed by atoms with E-state index < -0.39 is 12.2 Å². The zero-order chi connectivity index (χ0) is 17.2. The molecule has 2 aromatic rings. The number of hydrazine groups is 2. The Kier molecular flexibility index (Phi) is 3.89. The zero-order valence-electron chi connectivity index (χ0n) is 13.6. The number of hydrogen-bond acceptors (Lipinski definition) is 5. The molecule has 0 fully saturated rings. The average molecular weight is 338 g/mol. The molecule has 2 amide bonds. The maximum absolute atomic E-state index is 12.0. The minimum absolute atomic E-state index is 0.648. The van der Waals surface area contributed by atoms with E-state index in [9.17, 15) is 9.59 Å². The van der Waals surface area contributed by atoms with Crippen molar-refractivity contribution in [2.24, 2.45) is 0 Å². The van der Waals surface area contributed by atoms with Gasteiger partial charge in [-0.25, -0.2) is 20.4 Å². The fraction of sp³-hybridized carbons (Fsp3) is 0.222. The van der Waals surface area contributed by atoms with E-state index in [4.69, 9.17) is 4.74 Å². The lowest BCUT2D eigenvalue weighted by atomic mass is 10.2. The summed E-state index contributed by atoms with van der Waals surface area (Å²) in [7, 11) is 0. The molecule has 2 N–H and O–H groups in total. The topological polar surface area (TPSA) is 73.9 Å².